The van der Waals surface area contributed by atoms with E-state index >= 15 is 0 Å². The number of ether oxygens (including phenoxy) is 2. The van der Waals surface area contributed by atoms with Crippen molar-refractivity contribution < 1.29 is 9.47 Å². The van der Waals surface area contributed by atoms with Crippen molar-refractivity contribution in [2.75, 3.05) is 7.11 Å². The minimum Gasteiger partial charge on any atom is -0.497 e. The zero-order chi connectivity index (χ0) is 13.5. The molecular weight excluding hydrogens is 276 g/mol. The van der Waals surface area contributed by atoms with Crippen molar-refractivity contribution in [3.8, 4) is 11.5 Å². The highest BCUT2D eigenvalue weighted by Gasteiger charge is 2.02. The summed E-state index contributed by atoms with van der Waals surface area (Å²) < 4.78 is 11.2. The fourth-order valence-corrected chi connectivity index (χ4v) is 2.39. The normalized spacial score (nSPS) is 9.95. The molecule has 0 aliphatic heterocycles. The van der Waals surface area contributed by atoms with E-state index in [1.165, 1.54) is 17.3 Å². The minimum absolute atomic E-state index is 0.522. The monoisotopic (exact) mass is 290 g/mol. The summed E-state index contributed by atoms with van der Waals surface area (Å²) >= 11 is 6.72. The van der Waals surface area contributed by atoms with Gasteiger partial charge in [-0.1, -0.05) is 42.1 Å². The molecule has 0 aliphatic carbocycles. The molecule has 2 aromatic rings. The summed E-state index contributed by atoms with van der Waals surface area (Å²) in [5, 5.41) is 0. The van der Waals surface area contributed by atoms with Crippen LogP contribution >= 0.6 is 24.0 Å². The van der Waals surface area contributed by atoms with Crippen molar-refractivity contribution in [2.45, 2.75) is 5.75 Å². The number of rotatable bonds is 4. The summed E-state index contributed by atoms with van der Waals surface area (Å²) in [6, 6.07) is 17.6. The zero-order valence-corrected chi connectivity index (χ0v) is 12.2. The van der Waals surface area contributed by atoms with Gasteiger partial charge in [0.2, 0.25) is 4.38 Å². The second kappa shape index (κ2) is 7.16. The van der Waals surface area contributed by atoms with E-state index in [1.54, 1.807) is 7.11 Å². The SMILES string of the molecule is COc1ccc(OC(=S)SCc2ccccc2)cc1. The molecule has 0 radical (unpaired) electrons. The molecule has 0 N–H and O–H groups in total. The third kappa shape index (κ3) is 4.58. The number of thiocarbonyl (C=S) groups is 1. The van der Waals surface area contributed by atoms with E-state index in [0.717, 1.165) is 17.3 Å². The van der Waals surface area contributed by atoms with Crippen LogP contribution in [0, 0.1) is 0 Å². The second-order valence-corrected chi connectivity index (χ2v) is 5.38. The van der Waals surface area contributed by atoms with Crippen LogP contribution < -0.4 is 9.47 Å². The Labute approximate surface area is 122 Å². The third-order valence-electron chi connectivity index (χ3n) is 2.46. The van der Waals surface area contributed by atoms with Crippen LogP contribution in [0.2, 0.25) is 0 Å². The topological polar surface area (TPSA) is 18.5 Å². The molecule has 2 nitrogen and oxygen atoms in total. The number of hydrogen-bond acceptors (Lipinski definition) is 4. The van der Waals surface area contributed by atoms with E-state index in [-0.39, 0.29) is 0 Å². The van der Waals surface area contributed by atoms with Crippen molar-refractivity contribution in [1.82, 2.24) is 0 Å². The van der Waals surface area contributed by atoms with Crippen LogP contribution in [-0.4, -0.2) is 11.5 Å². The highest BCUT2D eigenvalue weighted by molar-refractivity contribution is 8.22. The summed E-state index contributed by atoms with van der Waals surface area (Å²) in [5.74, 6) is 2.34. The molecule has 98 valence electrons. The largest absolute Gasteiger partial charge is 0.497 e. The fourth-order valence-electron chi connectivity index (χ4n) is 1.49. The van der Waals surface area contributed by atoms with Gasteiger partial charge in [-0.2, -0.15) is 0 Å². The quantitative estimate of drug-likeness (QED) is 0.781. The molecule has 0 atom stereocenters. The molecule has 0 saturated carbocycles. The van der Waals surface area contributed by atoms with Gasteiger partial charge in [-0.15, -0.1) is 0 Å². The summed E-state index contributed by atoms with van der Waals surface area (Å²) in [7, 11) is 1.64. The number of hydrogen-bond donors (Lipinski definition) is 0. The maximum absolute atomic E-state index is 5.57. The van der Waals surface area contributed by atoms with Crippen LogP contribution in [0.4, 0.5) is 0 Å². The van der Waals surface area contributed by atoms with Gasteiger partial charge in [0.05, 0.1) is 7.11 Å². The Hall–Kier alpha value is -1.52. The van der Waals surface area contributed by atoms with Gasteiger partial charge in [0.1, 0.15) is 11.5 Å². The number of methoxy groups -OCH3 is 1. The van der Waals surface area contributed by atoms with E-state index in [9.17, 15) is 0 Å². The predicted octanol–water partition coefficient (Wildman–Crippen LogP) is 4.29. The van der Waals surface area contributed by atoms with Crippen molar-refractivity contribution in [3.05, 3.63) is 60.2 Å². The van der Waals surface area contributed by atoms with Crippen molar-refractivity contribution >= 4 is 28.4 Å². The van der Waals surface area contributed by atoms with Gasteiger partial charge in [-0.05, 0) is 42.0 Å². The van der Waals surface area contributed by atoms with E-state index < -0.39 is 0 Å². The first-order valence-electron chi connectivity index (χ1n) is 5.80. The van der Waals surface area contributed by atoms with E-state index in [1.807, 2.05) is 42.5 Å². The minimum atomic E-state index is 0.522. The van der Waals surface area contributed by atoms with Gasteiger partial charge in [-0.25, -0.2) is 0 Å². The van der Waals surface area contributed by atoms with Gasteiger partial charge in [-0.3, -0.25) is 0 Å². The van der Waals surface area contributed by atoms with Gasteiger partial charge in [0.25, 0.3) is 0 Å². The summed E-state index contributed by atoms with van der Waals surface area (Å²) in [6.07, 6.45) is 0. The lowest BCUT2D eigenvalue weighted by molar-refractivity contribution is 0.414. The molecule has 0 aliphatic rings. The highest BCUT2D eigenvalue weighted by Crippen LogP contribution is 2.21. The van der Waals surface area contributed by atoms with Gasteiger partial charge < -0.3 is 9.47 Å². The van der Waals surface area contributed by atoms with Gasteiger partial charge in [0, 0.05) is 5.75 Å². The van der Waals surface area contributed by atoms with Crippen LogP contribution in [0.3, 0.4) is 0 Å². The standard InChI is InChI=1S/C15H14O2S2/c1-16-13-7-9-14(10-8-13)17-15(18)19-11-12-5-3-2-4-6-12/h2-10H,11H2,1H3. The molecule has 19 heavy (non-hydrogen) atoms. The van der Waals surface area contributed by atoms with Crippen molar-refractivity contribution in [3.63, 3.8) is 0 Å². The van der Waals surface area contributed by atoms with Crippen LogP contribution in [0.15, 0.2) is 54.6 Å². The Kier molecular flexibility index (Phi) is 5.24. The zero-order valence-electron chi connectivity index (χ0n) is 10.5. The van der Waals surface area contributed by atoms with Crippen LogP contribution in [0.1, 0.15) is 5.56 Å². The van der Waals surface area contributed by atoms with Crippen molar-refractivity contribution in [1.29, 1.82) is 0 Å². The van der Waals surface area contributed by atoms with Crippen LogP contribution in [0.5, 0.6) is 11.5 Å². The first kappa shape index (κ1) is 13.9. The molecule has 2 rings (SSSR count). The van der Waals surface area contributed by atoms with E-state index in [2.05, 4.69) is 12.1 Å². The Morgan fingerprint density at radius 1 is 1.00 bits per heavy atom. The van der Waals surface area contributed by atoms with Gasteiger partial charge >= 0.3 is 0 Å². The molecule has 0 aromatic heterocycles. The fraction of sp³-hybridized carbons (Fsp3) is 0.133. The number of thioether (sulfide) groups is 1. The Bertz CT molecular complexity index is 524. The highest BCUT2D eigenvalue weighted by atomic mass is 32.2. The first-order valence-corrected chi connectivity index (χ1v) is 7.20. The molecule has 0 saturated heterocycles. The lowest BCUT2D eigenvalue weighted by Crippen LogP contribution is -2.00. The van der Waals surface area contributed by atoms with Gasteiger partial charge in [0.15, 0.2) is 0 Å². The predicted molar refractivity (Wildman–Crippen MR) is 84.0 cm³/mol. The summed E-state index contributed by atoms with van der Waals surface area (Å²) in [4.78, 5) is 0. The average Bonchev–Trinajstić information content (AvgIpc) is 2.47. The lowest BCUT2D eigenvalue weighted by Gasteiger charge is -2.07. The Balaban J connectivity index is 1.83. The maximum Gasteiger partial charge on any atom is 0.226 e. The molecule has 0 heterocycles. The maximum atomic E-state index is 5.57. The smallest absolute Gasteiger partial charge is 0.226 e. The lowest BCUT2D eigenvalue weighted by atomic mass is 10.2. The first-order chi connectivity index (χ1) is 9.28. The van der Waals surface area contributed by atoms with Crippen LogP contribution in [0.25, 0.3) is 0 Å². The number of benzene rings is 2. The average molecular weight is 290 g/mol. The second-order valence-electron chi connectivity index (χ2n) is 3.80. The molecule has 2 aromatic carbocycles. The molecule has 0 fully saturated rings. The Morgan fingerprint density at radius 3 is 2.26 bits per heavy atom. The Morgan fingerprint density at radius 2 is 1.63 bits per heavy atom. The molecule has 0 bridgehead atoms. The molecule has 0 amide bonds. The summed E-state index contributed by atoms with van der Waals surface area (Å²) in [6.45, 7) is 0. The van der Waals surface area contributed by atoms with Crippen LogP contribution in [-0.2, 0) is 5.75 Å². The molecule has 0 spiro atoms. The van der Waals surface area contributed by atoms with E-state index in [4.69, 9.17) is 21.7 Å². The third-order valence-corrected chi connectivity index (χ3v) is 3.69. The van der Waals surface area contributed by atoms with Crippen molar-refractivity contribution in [2.24, 2.45) is 0 Å². The summed E-state index contributed by atoms with van der Waals surface area (Å²) in [5.41, 5.74) is 1.23. The molecule has 4 heteroatoms. The molecule has 0 unspecified atom stereocenters. The van der Waals surface area contributed by atoms with E-state index in [0.29, 0.717) is 4.38 Å². The molecular formula is C15H14O2S2.